The topological polar surface area (TPSA) is 86.9 Å². The lowest BCUT2D eigenvalue weighted by atomic mass is 10.1. The molecule has 0 radical (unpaired) electrons. The summed E-state index contributed by atoms with van der Waals surface area (Å²) in [4.78, 5) is 28.0. The normalized spacial score (nSPS) is 10.7. The minimum absolute atomic E-state index is 0.124. The largest absolute Gasteiger partial charge is 0.493 e. The van der Waals surface area contributed by atoms with Crippen molar-refractivity contribution in [3.63, 3.8) is 0 Å². The lowest BCUT2D eigenvalue weighted by Crippen LogP contribution is -2.15. The number of carbonyl (C=O) groups excluding carboxylic acids is 2. The van der Waals surface area contributed by atoms with Crippen molar-refractivity contribution in [2.24, 2.45) is 0 Å². The number of ketones is 1. The second-order valence-electron chi connectivity index (χ2n) is 6.79. The number of rotatable bonds is 9. The molecule has 158 valence electrons. The molecular formula is C23H25NO6. The first-order valence-electron chi connectivity index (χ1n) is 9.53. The quantitative estimate of drug-likeness (QED) is 0.425. The van der Waals surface area contributed by atoms with Gasteiger partial charge in [0.15, 0.2) is 18.1 Å². The Morgan fingerprint density at radius 3 is 2.27 bits per heavy atom. The van der Waals surface area contributed by atoms with Crippen LogP contribution in [0.25, 0.3) is 10.9 Å². The molecule has 0 aliphatic rings. The SMILES string of the molecule is COc1cc(CCC(=O)OCC(=O)c2c(C)[nH]c3ccccc23)cc(OC)c1OC. The molecule has 2 aromatic carbocycles. The fourth-order valence-corrected chi connectivity index (χ4v) is 3.45. The zero-order valence-corrected chi connectivity index (χ0v) is 17.5. The molecule has 7 nitrogen and oxygen atoms in total. The Morgan fingerprint density at radius 2 is 1.63 bits per heavy atom. The summed E-state index contributed by atoms with van der Waals surface area (Å²) in [5.74, 6) is 0.849. The van der Waals surface area contributed by atoms with Crippen molar-refractivity contribution < 1.29 is 28.5 Å². The number of fused-ring (bicyclic) bond motifs is 1. The Labute approximate surface area is 174 Å². The van der Waals surface area contributed by atoms with Gasteiger partial charge in [0, 0.05) is 28.6 Å². The molecule has 0 aliphatic heterocycles. The smallest absolute Gasteiger partial charge is 0.306 e. The Bertz CT molecular complexity index is 1040. The summed E-state index contributed by atoms with van der Waals surface area (Å²) in [5.41, 5.74) is 3.03. The fourth-order valence-electron chi connectivity index (χ4n) is 3.45. The molecule has 3 aromatic rings. The predicted molar refractivity (Wildman–Crippen MR) is 113 cm³/mol. The van der Waals surface area contributed by atoms with Crippen LogP contribution in [0.15, 0.2) is 36.4 Å². The van der Waals surface area contributed by atoms with Gasteiger partial charge in [0.05, 0.1) is 21.3 Å². The molecule has 0 spiro atoms. The van der Waals surface area contributed by atoms with E-state index in [0.717, 1.165) is 22.2 Å². The third kappa shape index (κ3) is 4.40. The van der Waals surface area contributed by atoms with Crippen molar-refractivity contribution in [3.8, 4) is 17.2 Å². The molecule has 3 rings (SSSR count). The Balaban J connectivity index is 1.61. The number of hydrogen-bond donors (Lipinski definition) is 1. The summed E-state index contributed by atoms with van der Waals surface area (Å²) in [5, 5.41) is 0.827. The van der Waals surface area contributed by atoms with Crippen LogP contribution in [0.3, 0.4) is 0 Å². The standard InChI is InChI=1S/C23H25NO6/c1-14-22(16-7-5-6-8-17(16)24-14)18(25)13-30-21(26)10-9-15-11-19(27-2)23(29-4)20(12-15)28-3/h5-8,11-12,24H,9-10,13H2,1-4H3. The van der Waals surface area contributed by atoms with E-state index in [1.165, 1.54) is 21.3 Å². The number of nitrogens with one attached hydrogen (secondary N) is 1. The second-order valence-corrected chi connectivity index (χ2v) is 6.79. The number of benzene rings is 2. The van der Waals surface area contributed by atoms with Gasteiger partial charge >= 0.3 is 5.97 Å². The maximum Gasteiger partial charge on any atom is 0.306 e. The molecule has 1 heterocycles. The molecule has 0 aliphatic carbocycles. The fraction of sp³-hybridized carbons (Fsp3) is 0.304. The van der Waals surface area contributed by atoms with Gasteiger partial charge in [-0.25, -0.2) is 0 Å². The lowest BCUT2D eigenvalue weighted by Gasteiger charge is -2.14. The van der Waals surface area contributed by atoms with Crippen LogP contribution in [0.2, 0.25) is 0 Å². The van der Waals surface area contributed by atoms with Crippen molar-refractivity contribution in [2.45, 2.75) is 19.8 Å². The average molecular weight is 411 g/mol. The van der Waals surface area contributed by atoms with Gasteiger partial charge in [-0.1, -0.05) is 18.2 Å². The Kier molecular flexibility index (Phi) is 6.61. The summed E-state index contributed by atoms with van der Waals surface area (Å²) in [6, 6.07) is 11.1. The Hall–Kier alpha value is -3.48. The highest BCUT2D eigenvalue weighted by Crippen LogP contribution is 2.38. The number of aryl methyl sites for hydroxylation is 2. The summed E-state index contributed by atoms with van der Waals surface area (Å²) in [6.45, 7) is 1.54. The minimum Gasteiger partial charge on any atom is -0.493 e. The van der Waals surface area contributed by atoms with Crippen molar-refractivity contribution in [2.75, 3.05) is 27.9 Å². The summed E-state index contributed by atoms with van der Waals surface area (Å²) in [7, 11) is 4.60. The lowest BCUT2D eigenvalue weighted by molar-refractivity contribution is -0.142. The number of ether oxygens (including phenoxy) is 4. The van der Waals surface area contributed by atoms with E-state index in [1.54, 1.807) is 12.1 Å². The number of para-hydroxylation sites is 1. The van der Waals surface area contributed by atoms with Crippen LogP contribution in [0, 0.1) is 6.92 Å². The average Bonchev–Trinajstić information content (AvgIpc) is 3.10. The van der Waals surface area contributed by atoms with Crippen molar-refractivity contribution in [3.05, 3.63) is 53.2 Å². The zero-order chi connectivity index (χ0) is 21.7. The van der Waals surface area contributed by atoms with Gasteiger partial charge in [-0.2, -0.15) is 0 Å². The zero-order valence-electron chi connectivity index (χ0n) is 17.5. The molecule has 0 bridgehead atoms. The van der Waals surface area contributed by atoms with E-state index in [0.29, 0.717) is 29.2 Å². The van der Waals surface area contributed by atoms with Gasteiger partial charge in [0.2, 0.25) is 11.5 Å². The van der Waals surface area contributed by atoms with Crippen LogP contribution in [0.5, 0.6) is 17.2 Å². The van der Waals surface area contributed by atoms with Crippen molar-refractivity contribution in [1.29, 1.82) is 0 Å². The first kappa shape index (κ1) is 21.2. The number of hydrogen-bond acceptors (Lipinski definition) is 6. The number of Topliss-reactive ketones (excluding diaryl/α,β-unsaturated/α-hetero) is 1. The molecule has 0 saturated carbocycles. The van der Waals surface area contributed by atoms with Crippen LogP contribution in [0.4, 0.5) is 0 Å². The molecular weight excluding hydrogens is 386 g/mol. The van der Waals surface area contributed by atoms with Crippen LogP contribution in [-0.2, 0) is 16.0 Å². The van der Waals surface area contributed by atoms with Crippen LogP contribution in [-0.4, -0.2) is 44.7 Å². The van der Waals surface area contributed by atoms with Gasteiger partial charge in [0.1, 0.15) is 0 Å². The molecule has 0 amide bonds. The van der Waals surface area contributed by atoms with Gasteiger partial charge < -0.3 is 23.9 Å². The third-order valence-electron chi connectivity index (χ3n) is 4.88. The number of methoxy groups -OCH3 is 3. The molecule has 0 unspecified atom stereocenters. The molecule has 1 aromatic heterocycles. The summed E-state index contributed by atoms with van der Waals surface area (Å²) < 4.78 is 21.2. The van der Waals surface area contributed by atoms with Crippen LogP contribution < -0.4 is 14.2 Å². The molecule has 0 atom stereocenters. The number of carbonyl (C=O) groups is 2. The van der Waals surface area contributed by atoms with E-state index < -0.39 is 5.97 Å². The third-order valence-corrected chi connectivity index (χ3v) is 4.88. The highest BCUT2D eigenvalue weighted by Gasteiger charge is 2.18. The van der Waals surface area contributed by atoms with E-state index in [-0.39, 0.29) is 18.8 Å². The van der Waals surface area contributed by atoms with E-state index in [1.807, 2.05) is 31.2 Å². The molecule has 30 heavy (non-hydrogen) atoms. The summed E-state index contributed by atoms with van der Waals surface area (Å²) >= 11 is 0. The molecule has 0 saturated heterocycles. The minimum atomic E-state index is -0.449. The number of aromatic amines is 1. The number of H-pyrrole nitrogens is 1. The van der Waals surface area contributed by atoms with Gasteiger partial charge in [-0.15, -0.1) is 0 Å². The molecule has 1 N–H and O–H groups in total. The first-order chi connectivity index (χ1) is 14.5. The maximum atomic E-state index is 12.6. The van der Waals surface area contributed by atoms with Gasteiger partial charge in [0.25, 0.3) is 0 Å². The second kappa shape index (κ2) is 9.35. The molecule has 0 fully saturated rings. The highest BCUT2D eigenvalue weighted by atomic mass is 16.5. The number of aromatic nitrogens is 1. The van der Waals surface area contributed by atoms with E-state index in [2.05, 4.69) is 4.98 Å². The van der Waals surface area contributed by atoms with Crippen LogP contribution >= 0.6 is 0 Å². The Morgan fingerprint density at radius 1 is 0.967 bits per heavy atom. The van der Waals surface area contributed by atoms with Crippen molar-refractivity contribution in [1.82, 2.24) is 4.98 Å². The van der Waals surface area contributed by atoms with E-state index in [9.17, 15) is 9.59 Å². The first-order valence-corrected chi connectivity index (χ1v) is 9.53. The summed E-state index contributed by atoms with van der Waals surface area (Å²) in [6.07, 6.45) is 0.536. The van der Waals surface area contributed by atoms with Crippen LogP contribution in [0.1, 0.15) is 28.0 Å². The van der Waals surface area contributed by atoms with Crippen molar-refractivity contribution >= 4 is 22.7 Å². The molecule has 7 heteroatoms. The predicted octanol–water partition coefficient (Wildman–Crippen LogP) is 3.86. The monoisotopic (exact) mass is 411 g/mol. The van der Waals surface area contributed by atoms with Gasteiger partial charge in [-0.3, -0.25) is 9.59 Å². The van der Waals surface area contributed by atoms with Gasteiger partial charge in [-0.05, 0) is 37.1 Å². The highest BCUT2D eigenvalue weighted by molar-refractivity contribution is 6.10. The maximum absolute atomic E-state index is 12.6. The van der Waals surface area contributed by atoms with E-state index >= 15 is 0 Å². The van der Waals surface area contributed by atoms with E-state index in [4.69, 9.17) is 18.9 Å². The number of esters is 1.